The zero-order chi connectivity index (χ0) is 11.7. The first-order valence-electron chi connectivity index (χ1n) is 7.37. The standard InChI is InChI=1S/C14H24N2O/c17-14(13-11-5-1-2-6-12(11)13)16-9-7-10-4-3-8-15-10/h10-13,15H,1-9H2,(H,16,17)/t10-,11?,12?,13?/m0/s1. The number of rotatable bonds is 4. The van der Waals surface area contributed by atoms with Gasteiger partial charge in [-0.1, -0.05) is 12.8 Å². The average molecular weight is 236 g/mol. The van der Waals surface area contributed by atoms with Gasteiger partial charge in [0.2, 0.25) is 5.91 Å². The van der Waals surface area contributed by atoms with E-state index >= 15 is 0 Å². The van der Waals surface area contributed by atoms with Crippen molar-refractivity contribution < 1.29 is 4.79 Å². The van der Waals surface area contributed by atoms with Gasteiger partial charge in [-0.05, 0) is 50.5 Å². The molecule has 17 heavy (non-hydrogen) atoms. The molecule has 3 fully saturated rings. The third kappa shape index (κ3) is 2.49. The Hall–Kier alpha value is -0.570. The first-order valence-corrected chi connectivity index (χ1v) is 7.37. The van der Waals surface area contributed by atoms with Gasteiger partial charge in [0.15, 0.2) is 0 Å². The molecule has 0 radical (unpaired) electrons. The van der Waals surface area contributed by atoms with Gasteiger partial charge in [-0.15, -0.1) is 0 Å². The highest BCUT2D eigenvalue weighted by Crippen LogP contribution is 2.55. The lowest BCUT2D eigenvalue weighted by Gasteiger charge is -2.10. The lowest BCUT2D eigenvalue weighted by atomic mass is 10.0. The van der Waals surface area contributed by atoms with Gasteiger partial charge in [0.25, 0.3) is 0 Å². The van der Waals surface area contributed by atoms with E-state index in [0.29, 0.717) is 17.9 Å². The number of carbonyl (C=O) groups is 1. The van der Waals surface area contributed by atoms with E-state index in [1.54, 1.807) is 0 Å². The lowest BCUT2D eigenvalue weighted by molar-refractivity contribution is -0.122. The van der Waals surface area contributed by atoms with Crippen molar-refractivity contribution in [2.75, 3.05) is 13.1 Å². The Kier molecular flexibility index (Phi) is 3.37. The van der Waals surface area contributed by atoms with Crippen molar-refractivity contribution in [2.45, 2.75) is 51.0 Å². The van der Waals surface area contributed by atoms with Crippen LogP contribution in [0.3, 0.4) is 0 Å². The maximum Gasteiger partial charge on any atom is 0.223 e. The second-order valence-corrected chi connectivity index (χ2v) is 6.01. The van der Waals surface area contributed by atoms with Crippen molar-refractivity contribution in [3.8, 4) is 0 Å². The Balaban J connectivity index is 1.36. The summed E-state index contributed by atoms with van der Waals surface area (Å²) < 4.78 is 0. The molecule has 2 N–H and O–H groups in total. The van der Waals surface area contributed by atoms with E-state index in [4.69, 9.17) is 0 Å². The van der Waals surface area contributed by atoms with Crippen molar-refractivity contribution in [3.63, 3.8) is 0 Å². The molecule has 2 saturated carbocycles. The van der Waals surface area contributed by atoms with Crippen LogP contribution in [-0.4, -0.2) is 25.0 Å². The minimum atomic E-state index is 0.347. The number of nitrogens with one attached hydrogen (secondary N) is 2. The predicted molar refractivity (Wildman–Crippen MR) is 67.6 cm³/mol. The van der Waals surface area contributed by atoms with Gasteiger partial charge in [-0.25, -0.2) is 0 Å². The summed E-state index contributed by atoms with van der Waals surface area (Å²) >= 11 is 0. The summed E-state index contributed by atoms with van der Waals surface area (Å²) in [6, 6.07) is 0.650. The molecule has 0 spiro atoms. The predicted octanol–water partition coefficient (Wildman–Crippen LogP) is 1.68. The summed E-state index contributed by atoms with van der Waals surface area (Å²) in [6.07, 6.45) is 8.97. The Labute approximate surface area is 104 Å². The van der Waals surface area contributed by atoms with Gasteiger partial charge in [0.05, 0.1) is 0 Å². The van der Waals surface area contributed by atoms with Crippen molar-refractivity contribution in [1.82, 2.24) is 10.6 Å². The molecular weight excluding hydrogens is 212 g/mol. The lowest BCUT2D eigenvalue weighted by Crippen LogP contribution is -2.31. The highest BCUT2D eigenvalue weighted by atomic mass is 16.2. The second-order valence-electron chi connectivity index (χ2n) is 6.01. The fraction of sp³-hybridized carbons (Fsp3) is 0.929. The molecule has 0 aromatic carbocycles. The minimum Gasteiger partial charge on any atom is -0.356 e. The van der Waals surface area contributed by atoms with Crippen LogP contribution in [0.2, 0.25) is 0 Å². The monoisotopic (exact) mass is 236 g/mol. The van der Waals surface area contributed by atoms with Crippen molar-refractivity contribution >= 4 is 5.91 Å². The largest absolute Gasteiger partial charge is 0.356 e. The van der Waals surface area contributed by atoms with Gasteiger partial charge in [0, 0.05) is 18.5 Å². The highest BCUT2D eigenvalue weighted by molar-refractivity contribution is 5.82. The van der Waals surface area contributed by atoms with Crippen LogP contribution in [0.4, 0.5) is 0 Å². The maximum absolute atomic E-state index is 12.0. The molecule has 1 heterocycles. The summed E-state index contributed by atoms with van der Waals surface area (Å²) in [5.41, 5.74) is 0. The zero-order valence-electron chi connectivity index (χ0n) is 10.6. The van der Waals surface area contributed by atoms with Crippen molar-refractivity contribution in [3.05, 3.63) is 0 Å². The van der Waals surface area contributed by atoms with E-state index in [9.17, 15) is 4.79 Å². The van der Waals surface area contributed by atoms with Gasteiger partial charge in [0.1, 0.15) is 0 Å². The third-order valence-electron chi connectivity index (χ3n) is 4.91. The summed E-state index contributed by atoms with van der Waals surface area (Å²) in [5, 5.41) is 6.62. The molecule has 0 aromatic rings. The average Bonchev–Trinajstić information content (AvgIpc) is 2.85. The fourth-order valence-electron chi connectivity index (χ4n) is 3.87. The van der Waals surface area contributed by atoms with Crippen molar-refractivity contribution in [2.24, 2.45) is 17.8 Å². The van der Waals surface area contributed by atoms with Gasteiger partial charge < -0.3 is 10.6 Å². The molecule has 2 aliphatic carbocycles. The molecule has 3 nitrogen and oxygen atoms in total. The Bertz CT molecular complexity index is 274. The molecule has 0 bridgehead atoms. The van der Waals surface area contributed by atoms with Crippen LogP contribution in [-0.2, 0) is 4.79 Å². The fourth-order valence-corrected chi connectivity index (χ4v) is 3.87. The van der Waals surface area contributed by atoms with E-state index in [2.05, 4.69) is 10.6 Å². The number of hydrogen-bond acceptors (Lipinski definition) is 2. The molecule has 3 aliphatic rings. The Morgan fingerprint density at radius 1 is 1.12 bits per heavy atom. The maximum atomic E-state index is 12.0. The molecule has 2 unspecified atom stereocenters. The van der Waals surface area contributed by atoms with Gasteiger partial charge in [-0.2, -0.15) is 0 Å². The summed E-state index contributed by atoms with van der Waals surface area (Å²) in [7, 11) is 0. The molecular formula is C14H24N2O. The first-order chi connectivity index (χ1) is 8.36. The summed E-state index contributed by atoms with van der Waals surface area (Å²) in [6.45, 7) is 2.03. The zero-order valence-corrected chi connectivity index (χ0v) is 10.6. The van der Waals surface area contributed by atoms with Gasteiger partial charge in [-0.3, -0.25) is 4.79 Å². The third-order valence-corrected chi connectivity index (χ3v) is 4.91. The molecule has 1 amide bonds. The van der Waals surface area contributed by atoms with E-state index in [0.717, 1.165) is 31.3 Å². The highest BCUT2D eigenvalue weighted by Gasteiger charge is 2.54. The number of fused-ring (bicyclic) bond motifs is 1. The molecule has 3 atom stereocenters. The Morgan fingerprint density at radius 3 is 2.53 bits per heavy atom. The van der Waals surface area contributed by atoms with E-state index in [-0.39, 0.29) is 0 Å². The minimum absolute atomic E-state index is 0.347. The van der Waals surface area contributed by atoms with Crippen LogP contribution < -0.4 is 10.6 Å². The summed E-state index contributed by atoms with van der Waals surface area (Å²) in [5.74, 6) is 2.22. The van der Waals surface area contributed by atoms with E-state index < -0.39 is 0 Å². The van der Waals surface area contributed by atoms with Crippen molar-refractivity contribution in [1.29, 1.82) is 0 Å². The quantitative estimate of drug-likeness (QED) is 0.780. The van der Waals surface area contributed by atoms with Crippen LogP contribution in [0.1, 0.15) is 44.9 Å². The molecule has 96 valence electrons. The van der Waals surface area contributed by atoms with Crippen LogP contribution in [0.5, 0.6) is 0 Å². The van der Waals surface area contributed by atoms with Crippen LogP contribution in [0, 0.1) is 17.8 Å². The molecule has 3 heteroatoms. The normalized spacial score (nSPS) is 39.8. The first kappa shape index (κ1) is 11.5. The smallest absolute Gasteiger partial charge is 0.223 e. The van der Waals surface area contributed by atoms with Crippen LogP contribution in [0.15, 0.2) is 0 Å². The van der Waals surface area contributed by atoms with E-state index in [1.807, 2.05) is 0 Å². The summed E-state index contributed by atoms with van der Waals surface area (Å²) in [4.78, 5) is 12.0. The van der Waals surface area contributed by atoms with Crippen LogP contribution >= 0.6 is 0 Å². The Morgan fingerprint density at radius 2 is 1.88 bits per heavy atom. The second kappa shape index (κ2) is 4.97. The van der Waals surface area contributed by atoms with Gasteiger partial charge >= 0.3 is 0 Å². The SMILES string of the molecule is O=C(NCC[C@@H]1CCCN1)C1C2CCCCC21. The van der Waals surface area contributed by atoms with Crippen LogP contribution in [0.25, 0.3) is 0 Å². The molecule has 1 aliphatic heterocycles. The molecule has 1 saturated heterocycles. The number of amides is 1. The number of hydrogen-bond donors (Lipinski definition) is 2. The number of carbonyl (C=O) groups excluding carboxylic acids is 1. The molecule has 0 aromatic heterocycles. The van der Waals surface area contributed by atoms with E-state index in [1.165, 1.54) is 38.5 Å². The topological polar surface area (TPSA) is 41.1 Å². The molecule has 3 rings (SSSR count).